The first-order valence-corrected chi connectivity index (χ1v) is 9.22. The van der Waals surface area contributed by atoms with Gasteiger partial charge in [0.05, 0.1) is 17.5 Å². The molecule has 0 aliphatic carbocycles. The molecule has 0 saturated heterocycles. The third-order valence-corrected chi connectivity index (χ3v) is 4.59. The molecule has 0 unspecified atom stereocenters. The summed E-state index contributed by atoms with van der Waals surface area (Å²) in [4.78, 5) is 24.5. The van der Waals surface area contributed by atoms with Crippen molar-refractivity contribution in [2.45, 2.75) is 18.7 Å². The number of para-hydroxylation sites is 1. The van der Waals surface area contributed by atoms with Crippen molar-refractivity contribution in [2.75, 3.05) is 24.3 Å². The van der Waals surface area contributed by atoms with Gasteiger partial charge in [-0.25, -0.2) is 4.79 Å². The maximum absolute atomic E-state index is 12.0. The van der Waals surface area contributed by atoms with Crippen molar-refractivity contribution in [3.05, 3.63) is 53.6 Å². The fraction of sp³-hybridized carbons (Fsp3) is 0.250. The van der Waals surface area contributed by atoms with E-state index < -0.39 is 18.5 Å². The summed E-state index contributed by atoms with van der Waals surface area (Å²) in [5, 5.41) is 11.4. The predicted molar refractivity (Wildman–Crippen MR) is 104 cm³/mol. The number of esters is 1. The predicted octanol–water partition coefficient (Wildman–Crippen LogP) is 3.48. The second-order valence-electron chi connectivity index (χ2n) is 5.69. The van der Waals surface area contributed by atoms with Crippen molar-refractivity contribution in [3.8, 4) is 11.8 Å². The molecule has 1 amide bonds. The molecule has 7 heteroatoms. The van der Waals surface area contributed by atoms with Gasteiger partial charge in [0.2, 0.25) is 0 Å². The van der Waals surface area contributed by atoms with Crippen molar-refractivity contribution < 1.29 is 19.1 Å². The number of ether oxygens (including phenoxy) is 2. The second kappa shape index (κ2) is 10.2. The third kappa shape index (κ3) is 6.68. The standard InChI is InChI=1S/C20H20N2O4S/c1-14-7-8-16(11-15(14)2)25-13-20(24)26-12-19(23)22-17-5-3-4-6-18(17)27-10-9-21/h3-8,11H,10,12-13H2,1-2H3,(H,22,23). The maximum atomic E-state index is 12.0. The zero-order valence-electron chi connectivity index (χ0n) is 15.2. The average Bonchev–Trinajstić information content (AvgIpc) is 2.66. The molecular weight excluding hydrogens is 364 g/mol. The number of amides is 1. The Bertz CT molecular complexity index is 861. The van der Waals surface area contributed by atoms with E-state index in [-0.39, 0.29) is 12.4 Å². The molecule has 0 spiro atoms. The Kier molecular flexibility index (Phi) is 7.71. The molecule has 0 atom stereocenters. The van der Waals surface area contributed by atoms with Crippen molar-refractivity contribution in [2.24, 2.45) is 0 Å². The van der Waals surface area contributed by atoms with E-state index in [1.54, 1.807) is 24.3 Å². The number of benzene rings is 2. The summed E-state index contributed by atoms with van der Waals surface area (Å²) in [6, 6.07) is 14.7. The number of nitrogens with one attached hydrogen (secondary N) is 1. The monoisotopic (exact) mass is 384 g/mol. The van der Waals surface area contributed by atoms with Crippen molar-refractivity contribution in [1.82, 2.24) is 0 Å². The van der Waals surface area contributed by atoms with Crippen LogP contribution in [-0.4, -0.2) is 30.8 Å². The van der Waals surface area contributed by atoms with E-state index in [4.69, 9.17) is 14.7 Å². The molecule has 0 heterocycles. The maximum Gasteiger partial charge on any atom is 0.344 e. The summed E-state index contributed by atoms with van der Waals surface area (Å²) < 4.78 is 10.3. The summed E-state index contributed by atoms with van der Waals surface area (Å²) in [5.74, 6) is -0.240. The van der Waals surface area contributed by atoms with E-state index in [9.17, 15) is 9.59 Å². The molecule has 27 heavy (non-hydrogen) atoms. The number of hydrogen-bond acceptors (Lipinski definition) is 6. The average molecular weight is 384 g/mol. The zero-order chi connectivity index (χ0) is 19.6. The highest BCUT2D eigenvalue weighted by molar-refractivity contribution is 7.99. The highest BCUT2D eigenvalue weighted by Gasteiger charge is 2.11. The second-order valence-corrected chi connectivity index (χ2v) is 6.70. The van der Waals surface area contributed by atoms with Gasteiger partial charge in [-0.05, 0) is 49.2 Å². The molecule has 2 aromatic rings. The summed E-state index contributed by atoms with van der Waals surface area (Å²) in [6.07, 6.45) is 0. The van der Waals surface area contributed by atoms with Crippen LogP contribution in [0.3, 0.4) is 0 Å². The zero-order valence-corrected chi connectivity index (χ0v) is 16.0. The van der Waals surface area contributed by atoms with E-state index in [0.717, 1.165) is 16.0 Å². The number of aryl methyl sites for hydroxylation is 2. The molecule has 0 bridgehead atoms. The Hall–Kier alpha value is -2.98. The quantitative estimate of drug-likeness (QED) is 0.554. The Labute approximate surface area is 162 Å². The normalized spacial score (nSPS) is 9.96. The van der Waals surface area contributed by atoms with E-state index >= 15 is 0 Å². The van der Waals surface area contributed by atoms with Gasteiger partial charge in [-0.3, -0.25) is 4.79 Å². The summed E-state index contributed by atoms with van der Waals surface area (Å²) >= 11 is 1.32. The molecular formula is C20H20N2O4S. The first-order valence-electron chi connectivity index (χ1n) is 8.24. The minimum atomic E-state index is -0.629. The third-order valence-electron chi connectivity index (χ3n) is 3.65. The molecule has 0 radical (unpaired) electrons. The fourth-order valence-electron chi connectivity index (χ4n) is 2.13. The largest absolute Gasteiger partial charge is 0.482 e. The highest BCUT2D eigenvalue weighted by Crippen LogP contribution is 2.26. The number of nitrogens with zero attached hydrogens (tertiary/aromatic N) is 1. The number of thioether (sulfide) groups is 1. The van der Waals surface area contributed by atoms with Crippen LogP contribution in [0.1, 0.15) is 11.1 Å². The number of nitriles is 1. The topological polar surface area (TPSA) is 88.4 Å². The van der Waals surface area contributed by atoms with Crippen molar-refractivity contribution in [1.29, 1.82) is 5.26 Å². The SMILES string of the molecule is Cc1ccc(OCC(=O)OCC(=O)Nc2ccccc2SCC#N)cc1C. The fourth-order valence-corrected chi connectivity index (χ4v) is 2.80. The molecule has 1 N–H and O–H groups in total. The summed E-state index contributed by atoms with van der Waals surface area (Å²) in [5.41, 5.74) is 2.77. The number of hydrogen-bond donors (Lipinski definition) is 1. The Morgan fingerprint density at radius 3 is 2.63 bits per heavy atom. The molecule has 0 aliphatic heterocycles. The number of rotatable bonds is 8. The molecule has 2 aromatic carbocycles. The van der Waals surface area contributed by atoms with Gasteiger partial charge in [-0.1, -0.05) is 18.2 Å². The van der Waals surface area contributed by atoms with Crippen molar-refractivity contribution >= 4 is 29.3 Å². The van der Waals surface area contributed by atoms with Crippen molar-refractivity contribution in [3.63, 3.8) is 0 Å². The molecule has 0 aliphatic rings. The Morgan fingerprint density at radius 1 is 1.11 bits per heavy atom. The molecule has 0 fully saturated rings. The first kappa shape index (κ1) is 20.3. The lowest BCUT2D eigenvalue weighted by Gasteiger charge is -2.11. The molecule has 6 nitrogen and oxygen atoms in total. The van der Waals surface area contributed by atoms with Crippen LogP contribution in [0.4, 0.5) is 5.69 Å². The van der Waals surface area contributed by atoms with Crippen LogP contribution >= 0.6 is 11.8 Å². The van der Waals surface area contributed by atoms with Crippen LogP contribution in [0, 0.1) is 25.2 Å². The van der Waals surface area contributed by atoms with E-state index in [2.05, 4.69) is 5.32 Å². The lowest BCUT2D eigenvalue weighted by Crippen LogP contribution is -2.23. The van der Waals surface area contributed by atoms with Crippen LogP contribution in [0.15, 0.2) is 47.4 Å². The van der Waals surface area contributed by atoms with E-state index in [0.29, 0.717) is 11.4 Å². The van der Waals surface area contributed by atoms with Gasteiger partial charge >= 0.3 is 5.97 Å². The van der Waals surface area contributed by atoms with Crippen LogP contribution in [-0.2, 0) is 14.3 Å². The van der Waals surface area contributed by atoms with Gasteiger partial charge in [0.1, 0.15) is 5.75 Å². The van der Waals surface area contributed by atoms with Gasteiger partial charge in [-0.2, -0.15) is 5.26 Å². The molecule has 2 rings (SSSR count). The van der Waals surface area contributed by atoms with Crippen LogP contribution < -0.4 is 10.1 Å². The lowest BCUT2D eigenvalue weighted by molar-refractivity contribution is -0.149. The van der Waals surface area contributed by atoms with Gasteiger partial charge in [0.25, 0.3) is 5.91 Å². The van der Waals surface area contributed by atoms with Gasteiger partial charge < -0.3 is 14.8 Å². The minimum absolute atomic E-state index is 0.273. The first-order chi connectivity index (χ1) is 13.0. The summed E-state index contributed by atoms with van der Waals surface area (Å²) in [6.45, 7) is 3.26. The van der Waals surface area contributed by atoms with Crippen LogP contribution in [0.5, 0.6) is 5.75 Å². The highest BCUT2D eigenvalue weighted by atomic mass is 32.2. The van der Waals surface area contributed by atoms with Gasteiger partial charge in [0, 0.05) is 4.90 Å². The smallest absolute Gasteiger partial charge is 0.344 e. The lowest BCUT2D eigenvalue weighted by atomic mass is 10.1. The minimum Gasteiger partial charge on any atom is -0.482 e. The summed E-state index contributed by atoms with van der Waals surface area (Å²) in [7, 11) is 0. The van der Waals surface area contributed by atoms with Crippen LogP contribution in [0.25, 0.3) is 0 Å². The number of anilines is 1. The number of carbonyl (C=O) groups excluding carboxylic acids is 2. The van der Waals surface area contributed by atoms with Crippen LogP contribution in [0.2, 0.25) is 0 Å². The molecule has 0 aromatic heterocycles. The molecule has 0 saturated carbocycles. The molecule has 140 valence electrons. The Morgan fingerprint density at radius 2 is 1.89 bits per heavy atom. The van der Waals surface area contributed by atoms with Gasteiger partial charge in [0.15, 0.2) is 13.2 Å². The Balaban J connectivity index is 1.79. The van der Waals surface area contributed by atoms with Gasteiger partial charge in [-0.15, -0.1) is 11.8 Å². The van der Waals surface area contributed by atoms with E-state index in [1.807, 2.05) is 38.1 Å². The van der Waals surface area contributed by atoms with E-state index in [1.165, 1.54) is 11.8 Å². The number of carbonyl (C=O) groups is 2.